The van der Waals surface area contributed by atoms with Gasteiger partial charge in [-0.05, 0) is 24.6 Å². The Bertz CT molecular complexity index is 820. The van der Waals surface area contributed by atoms with E-state index in [1.54, 1.807) is 17.0 Å². The third-order valence-corrected chi connectivity index (χ3v) is 6.16. The Balaban J connectivity index is 1.54. The fraction of sp³-hybridized carbons (Fsp3) is 0.381. The first-order valence-corrected chi connectivity index (χ1v) is 10.5. The number of benzene rings is 2. The molecule has 2 aromatic carbocycles. The van der Waals surface area contributed by atoms with Crippen LogP contribution in [-0.2, 0) is 17.9 Å². The van der Waals surface area contributed by atoms with Crippen LogP contribution in [0.1, 0.15) is 30.9 Å². The van der Waals surface area contributed by atoms with Gasteiger partial charge < -0.3 is 10.2 Å². The van der Waals surface area contributed by atoms with Gasteiger partial charge in [-0.2, -0.15) is 0 Å². The molecule has 6 nitrogen and oxygen atoms in total. The van der Waals surface area contributed by atoms with E-state index in [-0.39, 0.29) is 16.8 Å². The standard InChI is InChI=1S/C21H25N3O3S/c1-16(28-20-10-8-19(9-11-20)24(26)27)21(25)22-14-17-6-2-3-7-18(17)15-23-12-4-5-13-23/h2-3,6-11,16H,4-5,12-15H2,1H3,(H,22,25)/p+1/t16-/m1/s1. The van der Waals surface area contributed by atoms with E-state index in [0.717, 1.165) is 11.4 Å². The number of nitrogens with one attached hydrogen (secondary N) is 2. The van der Waals surface area contributed by atoms with Crippen LogP contribution < -0.4 is 10.2 Å². The molecule has 0 aromatic heterocycles. The highest BCUT2D eigenvalue weighted by Gasteiger charge is 2.18. The smallest absolute Gasteiger partial charge is 0.269 e. The van der Waals surface area contributed by atoms with Crippen molar-refractivity contribution in [3.8, 4) is 0 Å². The lowest BCUT2D eigenvalue weighted by molar-refractivity contribution is -0.901. The highest BCUT2D eigenvalue weighted by Crippen LogP contribution is 2.25. The molecule has 1 heterocycles. The van der Waals surface area contributed by atoms with Crippen molar-refractivity contribution in [2.45, 2.75) is 43.0 Å². The third-order valence-electron chi connectivity index (χ3n) is 5.05. The summed E-state index contributed by atoms with van der Waals surface area (Å²) in [6.07, 6.45) is 2.59. The molecule has 1 aliphatic rings. The second-order valence-corrected chi connectivity index (χ2v) is 8.55. The fourth-order valence-electron chi connectivity index (χ4n) is 3.45. The van der Waals surface area contributed by atoms with Gasteiger partial charge in [-0.3, -0.25) is 14.9 Å². The van der Waals surface area contributed by atoms with Crippen LogP contribution in [-0.4, -0.2) is 29.2 Å². The van der Waals surface area contributed by atoms with E-state index in [4.69, 9.17) is 0 Å². The number of rotatable bonds is 8. The average Bonchev–Trinajstić information content (AvgIpc) is 3.20. The lowest BCUT2D eigenvalue weighted by atomic mass is 10.1. The second kappa shape index (κ2) is 9.71. The van der Waals surface area contributed by atoms with Gasteiger partial charge in [0, 0.05) is 42.0 Å². The van der Waals surface area contributed by atoms with E-state index in [0.29, 0.717) is 6.54 Å². The highest BCUT2D eigenvalue weighted by molar-refractivity contribution is 8.00. The molecule has 0 aliphatic carbocycles. The molecule has 0 bridgehead atoms. The number of nitro benzene ring substituents is 1. The quantitative estimate of drug-likeness (QED) is 0.406. The monoisotopic (exact) mass is 400 g/mol. The van der Waals surface area contributed by atoms with Crippen LogP contribution in [0.2, 0.25) is 0 Å². The first-order valence-electron chi connectivity index (χ1n) is 9.62. The summed E-state index contributed by atoms with van der Waals surface area (Å²) >= 11 is 1.40. The second-order valence-electron chi connectivity index (χ2n) is 7.13. The molecule has 1 fully saturated rings. The number of non-ortho nitro benzene ring substituents is 1. The lowest BCUT2D eigenvalue weighted by Crippen LogP contribution is -3.08. The number of nitrogens with zero attached hydrogens (tertiary/aromatic N) is 1. The Labute approximate surface area is 169 Å². The molecule has 3 rings (SSSR count). The van der Waals surface area contributed by atoms with Crippen LogP contribution in [0.15, 0.2) is 53.4 Å². The van der Waals surface area contributed by atoms with Gasteiger partial charge in [0.15, 0.2) is 0 Å². The Morgan fingerprint density at radius 2 is 1.79 bits per heavy atom. The Morgan fingerprint density at radius 3 is 2.43 bits per heavy atom. The number of hydrogen-bond donors (Lipinski definition) is 2. The summed E-state index contributed by atoms with van der Waals surface area (Å²) in [6.45, 7) is 5.83. The maximum atomic E-state index is 12.5. The van der Waals surface area contributed by atoms with E-state index in [1.807, 2.05) is 13.0 Å². The zero-order valence-corrected chi connectivity index (χ0v) is 16.8. The van der Waals surface area contributed by atoms with Crippen molar-refractivity contribution in [1.29, 1.82) is 0 Å². The van der Waals surface area contributed by atoms with Crippen LogP contribution in [0.25, 0.3) is 0 Å². The first-order chi connectivity index (χ1) is 13.5. The maximum absolute atomic E-state index is 12.5. The minimum atomic E-state index is -0.425. The number of quaternary nitrogens is 1. The van der Waals surface area contributed by atoms with Gasteiger partial charge in [-0.25, -0.2) is 0 Å². The maximum Gasteiger partial charge on any atom is 0.269 e. The minimum absolute atomic E-state index is 0.0355. The molecule has 0 spiro atoms. The van der Waals surface area contributed by atoms with Crippen molar-refractivity contribution in [1.82, 2.24) is 5.32 Å². The zero-order valence-electron chi connectivity index (χ0n) is 16.0. The molecule has 1 atom stereocenters. The SMILES string of the molecule is C[C@@H](Sc1ccc([N+](=O)[O-])cc1)C(=O)NCc1ccccc1C[NH+]1CCCC1. The molecular formula is C21H26N3O3S+. The van der Waals surface area contributed by atoms with Crippen LogP contribution in [0, 0.1) is 10.1 Å². The highest BCUT2D eigenvalue weighted by atomic mass is 32.2. The summed E-state index contributed by atoms with van der Waals surface area (Å²) in [5.41, 5.74) is 2.52. The van der Waals surface area contributed by atoms with Crippen LogP contribution in [0.5, 0.6) is 0 Å². The molecule has 148 valence electrons. The predicted molar refractivity (Wildman–Crippen MR) is 110 cm³/mol. The fourth-order valence-corrected chi connectivity index (χ4v) is 4.35. The van der Waals surface area contributed by atoms with Crippen LogP contribution >= 0.6 is 11.8 Å². The molecule has 0 unspecified atom stereocenters. The first kappa shape index (κ1) is 20.4. The van der Waals surface area contributed by atoms with Gasteiger partial charge in [0.2, 0.25) is 5.91 Å². The molecule has 28 heavy (non-hydrogen) atoms. The number of nitro groups is 1. The summed E-state index contributed by atoms with van der Waals surface area (Å²) in [5.74, 6) is -0.0355. The molecule has 0 saturated carbocycles. The Kier molecular flexibility index (Phi) is 7.06. The van der Waals surface area contributed by atoms with Crippen LogP contribution in [0.4, 0.5) is 5.69 Å². The van der Waals surface area contributed by atoms with E-state index in [9.17, 15) is 14.9 Å². The number of carbonyl (C=O) groups is 1. The molecular weight excluding hydrogens is 374 g/mol. The van der Waals surface area contributed by atoms with Crippen molar-refractivity contribution < 1.29 is 14.6 Å². The predicted octanol–water partition coefficient (Wildman–Crippen LogP) is 2.57. The summed E-state index contributed by atoms with van der Waals surface area (Å²) in [5, 5.41) is 13.5. The molecule has 1 saturated heterocycles. The van der Waals surface area contributed by atoms with Crippen molar-refractivity contribution in [2.24, 2.45) is 0 Å². The van der Waals surface area contributed by atoms with Gasteiger partial charge >= 0.3 is 0 Å². The number of thioether (sulfide) groups is 1. The number of hydrogen-bond acceptors (Lipinski definition) is 4. The normalized spacial score (nSPS) is 15.3. The summed E-state index contributed by atoms with van der Waals surface area (Å²) in [6, 6.07) is 14.6. The largest absolute Gasteiger partial charge is 0.351 e. The van der Waals surface area contributed by atoms with Crippen LogP contribution in [0.3, 0.4) is 0 Å². The molecule has 2 aromatic rings. The van der Waals surface area contributed by atoms with Gasteiger partial charge in [-0.15, -0.1) is 11.8 Å². The van der Waals surface area contributed by atoms with Crippen molar-refractivity contribution in [3.63, 3.8) is 0 Å². The van der Waals surface area contributed by atoms with Gasteiger partial charge in [-0.1, -0.05) is 24.3 Å². The van der Waals surface area contributed by atoms with Crippen molar-refractivity contribution in [2.75, 3.05) is 13.1 Å². The third kappa shape index (κ3) is 5.56. The number of likely N-dealkylation sites (tertiary alicyclic amines) is 1. The van der Waals surface area contributed by atoms with E-state index in [1.165, 1.54) is 61.0 Å². The summed E-state index contributed by atoms with van der Waals surface area (Å²) in [7, 11) is 0. The van der Waals surface area contributed by atoms with Crippen molar-refractivity contribution >= 4 is 23.4 Å². The summed E-state index contributed by atoms with van der Waals surface area (Å²) < 4.78 is 0. The molecule has 0 radical (unpaired) electrons. The molecule has 1 aliphatic heterocycles. The Hall–Kier alpha value is -2.38. The molecule has 2 N–H and O–H groups in total. The van der Waals surface area contributed by atoms with Gasteiger partial charge in [0.05, 0.1) is 23.3 Å². The van der Waals surface area contributed by atoms with Gasteiger partial charge in [0.25, 0.3) is 5.69 Å². The summed E-state index contributed by atoms with van der Waals surface area (Å²) in [4.78, 5) is 25.3. The number of amides is 1. The molecule has 1 amide bonds. The zero-order chi connectivity index (χ0) is 19.9. The van der Waals surface area contributed by atoms with E-state index >= 15 is 0 Å². The topological polar surface area (TPSA) is 76.7 Å². The van der Waals surface area contributed by atoms with Crippen molar-refractivity contribution in [3.05, 3.63) is 69.8 Å². The Morgan fingerprint density at radius 1 is 1.14 bits per heavy atom. The number of carbonyl (C=O) groups excluding carboxylic acids is 1. The van der Waals surface area contributed by atoms with E-state index < -0.39 is 4.92 Å². The minimum Gasteiger partial charge on any atom is -0.351 e. The average molecular weight is 401 g/mol. The van der Waals surface area contributed by atoms with E-state index in [2.05, 4.69) is 23.5 Å². The van der Waals surface area contributed by atoms with Gasteiger partial charge in [0.1, 0.15) is 6.54 Å². The lowest BCUT2D eigenvalue weighted by Gasteiger charge is -2.16. The molecule has 7 heteroatoms.